The van der Waals surface area contributed by atoms with Crippen molar-refractivity contribution in [2.24, 2.45) is 5.92 Å². The molecule has 0 radical (unpaired) electrons. The molecule has 0 saturated carbocycles. The van der Waals surface area contributed by atoms with Gasteiger partial charge in [0, 0.05) is 31.6 Å². The van der Waals surface area contributed by atoms with Gasteiger partial charge >= 0.3 is 0 Å². The van der Waals surface area contributed by atoms with E-state index < -0.39 is 0 Å². The molecule has 2 fully saturated rings. The van der Waals surface area contributed by atoms with Gasteiger partial charge in [0.05, 0.1) is 0 Å². The number of oxazole rings is 1. The average Bonchev–Trinajstić information content (AvgIpc) is 2.99. The quantitative estimate of drug-likeness (QED) is 0.916. The SMILES string of the molecule is Cc1nc2cc(C(=O)N[C@@H]3C[C@@H]4CCN(C4)C3)ccc2o1. The molecule has 1 aromatic heterocycles. The summed E-state index contributed by atoms with van der Waals surface area (Å²) in [6.45, 7) is 5.18. The molecule has 1 unspecified atom stereocenters. The third-order valence-electron chi connectivity index (χ3n) is 4.56. The number of carbonyl (C=O) groups is 1. The highest BCUT2D eigenvalue weighted by molar-refractivity contribution is 5.97. The first-order valence-electron chi connectivity index (χ1n) is 7.58. The van der Waals surface area contributed by atoms with Gasteiger partial charge in [-0.15, -0.1) is 0 Å². The van der Waals surface area contributed by atoms with Crippen LogP contribution in [0.3, 0.4) is 0 Å². The first-order valence-corrected chi connectivity index (χ1v) is 7.58. The largest absolute Gasteiger partial charge is 0.441 e. The van der Waals surface area contributed by atoms with E-state index in [4.69, 9.17) is 4.42 Å². The fourth-order valence-corrected chi connectivity index (χ4v) is 3.62. The average molecular weight is 285 g/mol. The third kappa shape index (κ3) is 2.42. The summed E-state index contributed by atoms with van der Waals surface area (Å²) in [7, 11) is 0. The first-order chi connectivity index (χ1) is 10.2. The summed E-state index contributed by atoms with van der Waals surface area (Å²) < 4.78 is 5.44. The Hall–Kier alpha value is -1.88. The molecule has 5 nitrogen and oxygen atoms in total. The fourth-order valence-electron chi connectivity index (χ4n) is 3.62. The van der Waals surface area contributed by atoms with Crippen LogP contribution < -0.4 is 5.32 Å². The normalized spacial score (nSPS) is 28.0. The van der Waals surface area contributed by atoms with Crippen LogP contribution in [0, 0.1) is 12.8 Å². The minimum absolute atomic E-state index is 0.00921. The van der Waals surface area contributed by atoms with Gasteiger partial charge in [-0.1, -0.05) is 0 Å². The molecule has 1 N–H and O–H groups in total. The van der Waals surface area contributed by atoms with Crippen molar-refractivity contribution in [2.75, 3.05) is 19.6 Å². The summed E-state index contributed by atoms with van der Waals surface area (Å²) >= 11 is 0. The number of hydrogen-bond acceptors (Lipinski definition) is 4. The van der Waals surface area contributed by atoms with Crippen LogP contribution in [0.2, 0.25) is 0 Å². The van der Waals surface area contributed by atoms with Gasteiger partial charge < -0.3 is 14.6 Å². The molecule has 1 aromatic carbocycles. The summed E-state index contributed by atoms with van der Waals surface area (Å²) in [5.41, 5.74) is 2.13. The van der Waals surface area contributed by atoms with E-state index in [1.807, 2.05) is 13.0 Å². The van der Waals surface area contributed by atoms with E-state index in [1.54, 1.807) is 12.1 Å². The number of aryl methyl sites for hydroxylation is 1. The molecule has 3 atom stereocenters. The lowest BCUT2D eigenvalue weighted by Crippen LogP contribution is -2.47. The van der Waals surface area contributed by atoms with Crippen LogP contribution in [0.25, 0.3) is 11.1 Å². The second-order valence-electron chi connectivity index (χ2n) is 6.24. The number of fused-ring (bicyclic) bond motifs is 3. The van der Waals surface area contributed by atoms with Crippen LogP contribution in [0.5, 0.6) is 0 Å². The van der Waals surface area contributed by atoms with E-state index in [2.05, 4.69) is 15.2 Å². The molecule has 3 heterocycles. The molecular formula is C16H19N3O2. The molecular weight excluding hydrogens is 266 g/mol. The smallest absolute Gasteiger partial charge is 0.251 e. The second kappa shape index (κ2) is 4.84. The number of carbonyl (C=O) groups excluding carboxylic acids is 1. The Labute approximate surface area is 123 Å². The van der Waals surface area contributed by atoms with E-state index in [0.29, 0.717) is 11.5 Å². The third-order valence-corrected chi connectivity index (χ3v) is 4.56. The lowest BCUT2D eigenvalue weighted by molar-refractivity contribution is 0.0909. The van der Waals surface area contributed by atoms with Crippen molar-refractivity contribution < 1.29 is 9.21 Å². The molecule has 5 heteroatoms. The molecule has 2 aliphatic heterocycles. The summed E-state index contributed by atoms with van der Waals surface area (Å²) in [5.74, 6) is 1.37. The molecule has 2 bridgehead atoms. The Kier molecular flexibility index (Phi) is 2.96. The topological polar surface area (TPSA) is 58.4 Å². The highest BCUT2D eigenvalue weighted by Crippen LogP contribution is 2.27. The summed E-state index contributed by atoms with van der Waals surface area (Å²) in [6, 6.07) is 5.70. The number of nitrogens with one attached hydrogen (secondary N) is 1. The van der Waals surface area contributed by atoms with Gasteiger partial charge in [-0.05, 0) is 43.5 Å². The van der Waals surface area contributed by atoms with Crippen molar-refractivity contribution in [1.29, 1.82) is 0 Å². The van der Waals surface area contributed by atoms with Gasteiger partial charge in [0.25, 0.3) is 5.91 Å². The predicted molar refractivity (Wildman–Crippen MR) is 79.2 cm³/mol. The van der Waals surface area contributed by atoms with Crippen LogP contribution in [0.1, 0.15) is 29.1 Å². The number of nitrogens with zero attached hydrogens (tertiary/aromatic N) is 2. The first kappa shape index (κ1) is 12.8. The van der Waals surface area contributed by atoms with Crippen LogP contribution in [0.4, 0.5) is 0 Å². The van der Waals surface area contributed by atoms with Crippen LogP contribution >= 0.6 is 0 Å². The van der Waals surface area contributed by atoms with Gasteiger partial charge in [-0.3, -0.25) is 4.79 Å². The number of benzene rings is 1. The number of hydrogen-bond donors (Lipinski definition) is 1. The van der Waals surface area contributed by atoms with Gasteiger partial charge in [-0.25, -0.2) is 4.98 Å². The van der Waals surface area contributed by atoms with Gasteiger partial charge in [0.2, 0.25) is 0 Å². The van der Waals surface area contributed by atoms with Crippen LogP contribution in [0.15, 0.2) is 22.6 Å². The van der Waals surface area contributed by atoms with Crippen LogP contribution in [-0.4, -0.2) is 41.5 Å². The molecule has 4 rings (SSSR count). The highest BCUT2D eigenvalue weighted by atomic mass is 16.3. The number of aromatic nitrogens is 1. The molecule has 0 spiro atoms. The van der Waals surface area contributed by atoms with E-state index >= 15 is 0 Å². The molecule has 21 heavy (non-hydrogen) atoms. The lowest BCUT2D eigenvalue weighted by atomic mass is 9.96. The van der Waals surface area contributed by atoms with Crippen molar-refractivity contribution in [3.8, 4) is 0 Å². The lowest BCUT2D eigenvalue weighted by Gasteiger charge is -2.30. The molecule has 110 valence electrons. The van der Waals surface area contributed by atoms with Crippen molar-refractivity contribution in [3.05, 3.63) is 29.7 Å². The van der Waals surface area contributed by atoms with E-state index in [9.17, 15) is 4.79 Å². The van der Waals surface area contributed by atoms with Crippen LogP contribution in [-0.2, 0) is 0 Å². The predicted octanol–water partition coefficient (Wildman–Crippen LogP) is 1.96. The zero-order chi connectivity index (χ0) is 14.4. The Morgan fingerprint density at radius 3 is 3.19 bits per heavy atom. The molecule has 2 aromatic rings. The minimum atomic E-state index is -0.00921. The minimum Gasteiger partial charge on any atom is -0.441 e. The molecule has 0 aliphatic carbocycles. The monoisotopic (exact) mass is 285 g/mol. The maximum Gasteiger partial charge on any atom is 0.251 e. The van der Waals surface area contributed by atoms with Gasteiger partial charge in [0.15, 0.2) is 11.5 Å². The Morgan fingerprint density at radius 2 is 2.33 bits per heavy atom. The maximum atomic E-state index is 12.4. The number of rotatable bonds is 2. The second-order valence-corrected chi connectivity index (χ2v) is 6.24. The van der Waals surface area contributed by atoms with E-state index in [-0.39, 0.29) is 11.9 Å². The highest BCUT2D eigenvalue weighted by Gasteiger charge is 2.32. The summed E-state index contributed by atoms with van der Waals surface area (Å²) in [4.78, 5) is 19.1. The molecule has 1 amide bonds. The Bertz CT molecular complexity index is 682. The maximum absolute atomic E-state index is 12.4. The molecule has 2 aliphatic rings. The zero-order valence-corrected chi connectivity index (χ0v) is 12.1. The summed E-state index contributed by atoms with van der Waals surface area (Å²) in [6.07, 6.45) is 2.38. The fraction of sp³-hybridized carbons (Fsp3) is 0.500. The Balaban J connectivity index is 1.50. The summed E-state index contributed by atoms with van der Waals surface area (Å²) in [5, 5.41) is 3.17. The van der Waals surface area contributed by atoms with E-state index in [0.717, 1.165) is 30.0 Å². The zero-order valence-electron chi connectivity index (χ0n) is 12.1. The van der Waals surface area contributed by atoms with Crippen molar-refractivity contribution in [2.45, 2.75) is 25.8 Å². The Morgan fingerprint density at radius 1 is 1.43 bits per heavy atom. The number of piperidine rings is 1. The van der Waals surface area contributed by atoms with Crippen molar-refractivity contribution in [1.82, 2.24) is 15.2 Å². The standard InChI is InChI=1S/C16H19N3O2/c1-10-17-14-7-12(2-3-15(14)21-10)16(20)18-13-6-11-4-5-19(8-11)9-13/h2-3,7,11,13H,4-6,8-9H2,1H3,(H,18,20)/t11-,13+/m0/s1. The number of amides is 1. The van der Waals surface area contributed by atoms with Crippen molar-refractivity contribution in [3.63, 3.8) is 0 Å². The van der Waals surface area contributed by atoms with Gasteiger partial charge in [0.1, 0.15) is 5.52 Å². The van der Waals surface area contributed by atoms with E-state index in [1.165, 1.54) is 19.5 Å². The van der Waals surface area contributed by atoms with Gasteiger partial charge in [-0.2, -0.15) is 0 Å². The van der Waals surface area contributed by atoms with Crippen molar-refractivity contribution >= 4 is 17.0 Å². The molecule has 2 saturated heterocycles.